The Balaban J connectivity index is 1.50. The number of aliphatic hydroxyl groups is 4. The van der Waals surface area contributed by atoms with E-state index in [1.54, 1.807) is 0 Å². The number of rotatable bonds is 4. The lowest BCUT2D eigenvalue weighted by molar-refractivity contribution is -0.233. The monoisotopic (exact) mass is 394 g/mol. The summed E-state index contributed by atoms with van der Waals surface area (Å²) >= 11 is 0. The van der Waals surface area contributed by atoms with Crippen molar-refractivity contribution in [1.82, 2.24) is 0 Å². The second kappa shape index (κ2) is 7.21. The molecule has 4 fully saturated rings. The highest BCUT2D eigenvalue weighted by atomic mass is 16.5. The van der Waals surface area contributed by atoms with Crippen molar-refractivity contribution in [2.75, 3.05) is 0 Å². The second-order valence-corrected chi connectivity index (χ2v) is 11.6. The van der Waals surface area contributed by atoms with Crippen LogP contribution in [-0.4, -0.2) is 32.5 Å². The van der Waals surface area contributed by atoms with Crippen LogP contribution in [0.15, 0.2) is 0 Å². The van der Waals surface area contributed by atoms with E-state index in [9.17, 15) is 20.4 Å². The van der Waals surface area contributed by atoms with Crippen LogP contribution in [0.25, 0.3) is 0 Å². The summed E-state index contributed by atoms with van der Waals surface area (Å²) in [4.78, 5) is 0. The minimum atomic E-state index is -1.44. The van der Waals surface area contributed by atoms with E-state index in [0.29, 0.717) is 42.4 Å². The Kier molecular flexibility index (Phi) is 5.43. The largest absolute Gasteiger partial charge is 0.368 e. The van der Waals surface area contributed by atoms with Crippen LogP contribution >= 0.6 is 0 Å². The first-order valence-corrected chi connectivity index (χ1v) is 11.9. The molecule has 0 aromatic carbocycles. The van der Waals surface area contributed by atoms with Gasteiger partial charge in [-0.05, 0) is 104 Å². The van der Waals surface area contributed by atoms with Gasteiger partial charge in [-0.2, -0.15) is 0 Å². The van der Waals surface area contributed by atoms with Gasteiger partial charge in [-0.25, -0.2) is 0 Å². The van der Waals surface area contributed by atoms with Gasteiger partial charge in [-0.3, -0.25) is 0 Å². The molecule has 0 spiro atoms. The molecule has 0 amide bonds. The molecule has 0 radical (unpaired) electrons. The first kappa shape index (κ1) is 21.1. The molecule has 4 aliphatic rings. The summed E-state index contributed by atoms with van der Waals surface area (Å²) in [7, 11) is 0. The molecule has 4 N–H and O–H groups in total. The van der Waals surface area contributed by atoms with Crippen LogP contribution in [0.2, 0.25) is 0 Å². The predicted octanol–water partition coefficient (Wildman–Crippen LogP) is 4.05. The number of hydrogen-bond donors (Lipinski definition) is 4. The van der Waals surface area contributed by atoms with Gasteiger partial charge in [0.2, 0.25) is 0 Å². The van der Waals surface area contributed by atoms with Crippen LogP contribution in [0.3, 0.4) is 0 Å². The smallest absolute Gasteiger partial charge is 0.162 e. The minimum Gasteiger partial charge on any atom is -0.368 e. The van der Waals surface area contributed by atoms with Crippen molar-refractivity contribution in [3.63, 3.8) is 0 Å². The summed E-state index contributed by atoms with van der Waals surface area (Å²) in [5.41, 5.74) is 0.681. The Morgan fingerprint density at radius 2 is 1.54 bits per heavy atom. The highest BCUT2D eigenvalue weighted by Crippen LogP contribution is 2.68. The van der Waals surface area contributed by atoms with E-state index in [0.717, 1.165) is 37.0 Å². The first-order valence-electron chi connectivity index (χ1n) is 11.9. The Morgan fingerprint density at radius 3 is 2.25 bits per heavy atom. The molecule has 4 heteroatoms. The van der Waals surface area contributed by atoms with Gasteiger partial charge in [0.25, 0.3) is 0 Å². The van der Waals surface area contributed by atoms with Gasteiger partial charge in [-0.15, -0.1) is 0 Å². The maximum Gasteiger partial charge on any atom is 0.162 e. The molecule has 4 rings (SSSR count). The van der Waals surface area contributed by atoms with Gasteiger partial charge in [0.15, 0.2) is 12.1 Å². The maximum absolute atomic E-state index is 10.2. The first-order chi connectivity index (χ1) is 13.1. The molecule has 162 valence electrons. The van der Waals surface area contributed by atoms with Crippen LogP contribution in [-0.2, 0) is 0 Å². The summed E-state index contributed by atoms with van der Waals surface area (Å²) in [6.07, 6.45) is 9.93. The van der Waals surface area contributed by atoms with Gasteiger partial charge < -0.3 is 20.4 Å². The fraction of sp³-hybridized carbons (Fsp3) is 1.00. The van der Waals surface area contributed by atoms with Gasteiger partial charge >= 0.3 is 0 Å². The van der Waals surface area contributed by atoms with Crippen molar-refractivity contribution in [3.8, 4) is 0 Å². The van der Waals surface area contributed by atoms with Gasteiger partial charge in [-0.1, -0.05) is 20.8 Å². The molecule has 4 nitrogen and oxygen atoms in total. The molecule has 0 aromatic rings. The van der Waals surface area contributed by atoms with Crippen molar-refractivity contribution in [2.45, 2.75) is 103 Å². The van der Waals surface area contributed by atoms with Crippen LogP contribution in [0, 0.1) is 46.3 Å². The lowest BCUT2D eigenvalue weighted by Gasteiger charge is -2.61. The number of fused-ring (bicyclic) bond motifs is 5. The van der Waals surface area contributed by atoms with Crippen molar-refractivity contribution in [1.29, 1.82) is 0 Å². The van der Waals surface area contributed by atoms with Crippen LogP contribution in [0.1, 0.15) is 91.4 Å². The number of hydrogen-bond acceptors (Lipinski definition) is 4. The van der Waals surface area contributed by atoms with Crippen molar-refractivity contribution in [3.05, 3.63) is 0 Å². The molecule has 28 heavy (non-hydrogen) atoms. The Bertz CT molecular complexity index is 575. The van der Waals surface area contributed by atoms with Crippen molar-refractivity contribution < 1.29 is 20.4 Å². The average molecular weight is 395 g/mol. The molecular weight excluding hydrogens is 352 g/mol. The average Bonchev–Trinajstić information content (AvgIpc) is 2.97. The SMILES string of the molecule is C[C@H](CCC(O)O)[C@H]1CC[C@H]2[C@@H]3CC[C@H]4CC(O)(O)CC[C@]4(C)[C@H]3CC[C@]12C. The lowest BCUT2D eigenvalue weighted by Crippen LogP contribution is -2.56. The van der Waals surface area contributed by atoms with Crippen molar-refractivity contribution >= 4 is 0 Å². The minimum absolute atomic E-state index is 0.282. The van der Waals surface area contributed by atoms with E-state index in [1.807, 2.05) is 0 Å². The van der Waals surface area contributed by atoms with Crippen LogP contribution in [0.4, 0.5) is 0 Å². The summed E-state index contributed by atoms with van der Waals surface area (Å²) in [5, 5.41) is 39.0. The summed E-state index contributed by atoms with van der Waals surface area (Å²) < 4.78 is 0. The molecule has 0 aromatic heterocycles. The maximum atomic E-state index is 10.2. The molecule has 4 saturated carbocycles. The number of aliphatic hydroxyl groups excluding tert-OH is 1. The highest BCUT2D eigenvalue weighted by Gasteiger charge is 2.61. The fourth-order valence-corrected chi connectivity index (χ4v) is 8.81. The fourth-order valence-electron chi connectivity index (χ4n) is 8.81. The zero-order valence-electron chi connectivity index (χ0n) is 18.1. The van der Waals surface area contributed by atoms with Gasteiger partial charge in [0, 0.05) is 12.8 Å². The molecular formula is C24H42O4. The molecule has 0 unspecified atom stereocenters. The topological polar surface area (TPSA) is 80.9 Å². The zero-order chi connectivity index (χ0) is 20.3. The third-order valence-corrected chi connectivity index (χ3v) is 10.3. The Hall–Kier alpha value is -0.160. The van der Waals surface area contributed by atoms with E-state index in [1.165, 1.54) is 32.1 Å². The Morgan fingerprint density at radius 1 is 0.821 bits per heavy atom. The van der Waals surface area contributed by atoms with E-state index in [4.69, 9.17) is 0 Å². The molecule has 8 atom stereocenters. The van der Waals surface area contributed by atoms with E-state index in [2.05, 4.69) is 20.8 Å². The lowest BCUT2D eigenvalue weighted by atomic mass is 9.44. The normalized spacial score (nSPS) is 48.6. The summed E-state index contributed by atoms with van der Waals surface area (Å²) in [5.74, 6) is 2.62. The third-order valence-electron chi connectivity index (χ3n) is 10.3. The summed E-state index contributed by atoms with van der Waals surface area (Å²) in [6, 6.07) is 0. The zero-order valence-corrected chi connectivity index (χ0v) is 18.1. The van der Waals surface area contributed by atoms with E-state index in [-0.39, 0.29) is 5.41 Å². The van der Waals surface area contributed by atoms with Crippen LogP contribution < -0.4 is 0 Å². The molecule has 0 aliphatic heterocycles. The van der Waals surface area contributed by atoms with E-state index >= 15 is 0 Å². The van der Waals surface area contributed by atoms with Gasteiger partial charge in [0.05, 0.1) is 0 Å². The quantitative estimate of drug-likeness (QED) is 0.542. The van der Waals surface area contributed by atoms with Crippen molar-refractivity contribution in [2.24, 2.45) is 46.3 Å². The molecule has 4 aliphatic carbocycles. The standard InChI is InChI=1S/C24H42O4/c1-15(4-9-21(25)26)18-7-8-19-17-6-5-16-14-24(27,28)13-12-22(16,2)20(17)10-11-23(18,19)3/h15-21,25-28H,4-14H2,1-3H3/t15-,16+,17+,18-,19+,20+,22+,23-/m1/s1. The van der Waals surface area contributed by atoms with Gasteiger partial charge in [0.1, 0.15) is 0 Å². The van der Waals surface area contributed by atoms with Crippen LogP contribution in [0.5, 0.6) is 0 Å². The highest BCUT2D eigenvalue weighted by molar-refractivity contribution is 5.10. The Labute approximate surface area is 170 Å². The second-order valence-electron chi connectivity index (χ2n) is 11.6. The molecule has 0 saturated heterocycles. The van der Waals surface area contributed by atoms with E-state index < -0.39 is 12.1 Å². The molecule has 0 bridgehead atoms. The predicted molar refractivity (Wildman–Crippen MR) is 109 cm³/mol. The summed E-state index contributed by atoms with van der Waals surface area (Å²) in [6.45, 7) is 7.33. The third kappa shape index (κ3) is 3.36. The molecule has 0 heterocycles.